The van der Waals surface area contributed by atoms with Crippen LogP contribution in [0.15, 0.2) is 41.4 Å². The quantitative estimate of drug-likeness (QED) is 0.777. The Morgan fingerprint density at radius 3 is 2.56 bits per heavy atom. The summed E-state index contributed by atoms with van der Waals surface area (Å²) in [6, 6.07) is 7.58. The summed E-state index contributed by atoms with van der Waals surface area (Å²) in [4.78, 5) is 12.3. The van der Waals surface area contributed by atoms with Gasteiger partial charge in [-0.3, -0.25) is 9.48 Å². The Labute approximate surface area is 105 Å². The SMILES string of the molecule is Cn1nccc1C(=O)c1cccc(S(C)(=O)=O)c1. The molecule has 1 heterocycles. The standard InChI is InChI=1S/C12H12N2O3S/c1-14-11(6-7-13-14)12(15)9-4-3-5-10(8-9)18(2,16)17/h3-8H,1-2H3. The highest BCUT2D eigenvalue weighted by atomic mass is 32.2. The Morgan fingerprint density at radius 2 is 2.00 bits per heavy atom. The number of carbonyl (C=O) groups is 1. The van der Waals surface area contributed by atoms with Crippen molar-refractivity contribution >= 4 is 15.6 Å². The molecule has 0 saturated carbocycles. The van der Waals surface area contributed by atoms with E-state index in [-0.39, 0.29) is 10.7 Å². The Balaban J connectivity index is 2.47. The van der Waals surface area contributed by atoms with Gasteiger partial charge in [0.25, 0.3) is 0 Å². The second-order valence-electron chi connectivity index (χ2n) is 3.97. The van der Waals surface area contributed by atoms with Gasteiger partial charge >= 0.3 is 0 Å². The second-order valence-corrected chi connectivity index (χ2v) is 5.98. The fraction of sp³-hybridized carbons (Fsp3) is 0.167. The van der Waals surface area contributed by atoms with Crippen LogP contribution in [0.25, 0.3) is 0 Å². The van der Waals surface area contributed by atoms with Crippen LogP contribution in [0.1, 0.15) is 16.1 Å². The molecule has 0 N–H and O–H groups in total. The zero-order chi connectivity index (χ0) is 13.3. The van der Waals surface area contributed by atoms with Gasteiger partial charge in [-0.15, -0.1) is 0 Å². The molecule has 0 aliphatic carbocycles. The number of aryl methyl sites for hydroxylation is 1. The third-order valence-electron chi connectivity index (χ3n) is 2.58. The molecule has 0 bridgehead atoms. The molecular formula is C12H12N2O3S. The lowest BCUT2D eigenvalue weighted by molar-refractivity contribution is 0.103. The Hall–Kier alpha value is -1.95. The normalized spacial score (nSPS) is 11.4. The molecule has 0 aliphatic rings. The van der Waals surface area contributed by atoms with Gasteiger partial charge in [0.1, 0.15) is 5.69 Å². The van der Waals surface area contributed by atoms with Crippen molar-refractivity contribution in [2.45, 2.75) is 4.90 Å². The van der Waals surface area contributed by atoms with Gasteiger partial charge < -0.3 is 0 Å². The van der Waals surface area contributed by atoms with E-state index >= 15 is 0 Å². The minimum Gasteiger partial charge on any atom is -0.287 e. The fourth-order valence-electron chi connectivity index (χ4n) is 1.61. The average Bonchev–Trinajstić information content (AvgIpc) is 2.73. The predicted octanol–water partition coefficient (Wildman–Crippen LogP) is 1.05. The topological polar surface area (TPSA) is 69.0 Å². The highest BCUT2D eigenvalue weighted by Crippen LogP contribution is 2.14. The van der Waals surface area contributed by atoms with Crippen molar-refractivity contribution < 1.29 is 13.2 Å². The molecule has 6 heteroatoms. The highest BCUT2D eigenvalue weighted by Gasteiger charge is 2.15. The summed E-state index contributed by atoms with van der Waals surface area (Å²) in [7, 11) is -1.65. The van der Waals surface area contributed by atoms with Gasteiger partial charge in [-0.05, 0) is 18.2 Å². The molecule has 0 unspecified atom stereocenters. The summed E-state index contributed by atoms with van der Waals surface area (Å²) in [6.07, 6.45) is 2.63. The molecule has 0 radical (unpaired) electrons. The van der Waals surface area contributed by atoms with Crippen molar-refractivity contribution in [3.8, 4) is 0 Å². The van der Waals surface area contributed by atoms with Crippen molar-refractivity contribution in [1.82, 2.24) is 9.78 Å². The number of ketones is 1. The molecule has 5 nitrogen and oxygen atoms in total. The van der Waals surface area contributed by atoms with E-state index < -0.39 is 9.84 Å². The van der Waals surface area contributed by atoms with Crippen LogP contribution >= 0.6 is 0 Å². The molecule has 1 aromatic heterocycles. The van der Waals surface area contributed by atoms with Crippen molar-refractivity contribution in [2.75, 3.05) is 6.26 Å². The van der Waals surface area contributed by atoms with Crippen LogP contribution in [0.5, 0.6) is 0 Å². The molecule has 1 aromatic carbocycles. The van der Waals surface area contributed by atoms with Crippen molar-refractivity contribution in [3.63, 3.8) is 0 Å². The predicted molar refractivity (Wildman–Crippen MR) is 66.2 cm³/mol. The molecule has 0 amide bonds. The molecule has 0 spiro atoms. The van der Waals surface area contributed by atoms with Gasteiger partial charge in [0.2, 0.25) is 5.78 Å². The maximum Gasteiger partial charge on any atom is 0.211 e. The fourth-order valence-corrected chi connectivity index (χ4v) is 2.28. The van der Waals surface area contributed by atoms with E-state index in [1.54, 1.807) is 25.2 Å². The summed E-state index contributed by atoms with van der Waals surface area (Å²) in [5.74, 6) is -0.250. The lowest BCUT2D eigenvalue weighted by Gasteiger charge is -2.03. The number of hydrogen-bond acceptors (Lipinski definition) is 4. The van der Waals surface area contributed by atoms with Gasteiger partial charge in [-0.25, -0.2) is 8.42 Å². The minimum atomic E-state index is -3.31. The molecule has 2 rings (SSSR count). The summed E-state index contributed by atoms with van der Waals surface area (Å²) in [6.45, 7) is 0. The smallest absolute Gasteiger partial charge is 0.211 e. The molecule has 2 aromatic rings. The summed E-state index contributed by atoms with van der Waals surface area (Å²) in [5.41, 5.74) is 0.752. The molecular weight excluding hydrogens is 252 g/mol. The summed E-state index contributed by atoms with van der Waals surface area (Å²) < 4.78 is 24.3. The van der Waals surface area contributed by atoms with Gasteiger partial charge in [-0.1, -0.05) is 12.1 Å². The van der Waals surface area contributed by atoms with E-state index in [2.05, 4.69) is 5.10 Å². The monoisotopic (exact) mass is 264 g/mol. The van der Waals surface area contributed by atoms with E-state index in [0.29, 0.717) is 11.3 Å². The van der Waals surface area contributed by atoms with Gasteiger partial charge in [-0.2, -0.15) is 5.10 Å². The minimum absolute atomic E-state index is 0.135. The number of carbonyl (C=O) groups excluding carboxylic acids is 1. The van der Waals surface area contributed by atoms with Crippen molar-refractivity contribution in [2.24, 2.45) is 7.05 Å². The van der Waals surface area contributed by atoms with E-state index in [9.17, 15) is 13.2 Å². The van der Waals surface area contributed by atoms with Crippen LogP contribution < -0.4 is 0 Å². The van der Waals surface area contributed by atoms with E-state index in [1.807, 2.05) is 0 Å². The molecule has 0 aliphatic heterocycles. The van der Waals surface area contributed by atoms with Crippen LogP contribution in [0.2, 0.25) is 0 Å². The molecule has 0 saturated heterocycles. The molecule has 94 valence electrons. The average molecular weight is 264 g/mol. The Morgan fingerprint density at radius 1 is 1.28 bits per heavy atom. The van der Waals surface area contributed by atoms with Crippen LogP contribution in [0, 0.1) is 0 Å². The number of nitrogens with zero attached hydrogens (tertiary/aromatic N) is 2. The first-order valence-corrected chi connectivity index (χ1v) is 7.11. The molecule has 0 fully saturated rings. The highest BCUT2D eigenvalue weighted by molar-refractivity contribution is 7.90. The van der Waals surface area contributed by atoms with E-state index in [0.717, 1.165) is 6.26 Å². The Kier molecular flexibility index (Phi) is 3.04. The van der Waals surface area contributed by atoms with Gasteiger partial charge in [0.05, 0.1) is 4.90 Å². The third kappa shape index (κ3) is 2.33. The number of sulfone groups is 1. The van der Waals surface area contributed by atoms with Crippen LogP contribution in [-0.2, 0) is 16.9 Å². The number of benzene rings is 1. The van der Waals surface area contributed by atoms with Gasteiger partial charge in [0, 0.05) is 25.1 Å². The van der Waals surface area contributed by atoms with Gasteiger partial charge in [0.15, 0.2) is 9.84 Å². The lowest BCUT2D eigenvalue weighted by Crippen LogP contribution is -2.09. The van der Waals surface area contributed by atoms with Crippen LogP contribution in [0.3, 0.4) is 0 Å². The first kappa shape index (κ1) is 12.5. The van der Waals surface area contributed by atoms with E-state index in [1.165, 1.54) is 23.0 Å². The second kappa shape index (κ2) is 4.38. The third-order valence-corrected chi connectivity index (χ3v) is 3.69. The maximum absolute atomic E-state index is 12.2. The summed E-state index contributed by atoms with van der Waals surface area (Å²) in [5, 5.41) is 3.91. The van der Waals surface area contributed by atoms with Crippen molar-refractivity contribution in [3.05, 3.63) is 47.8 Å². The zero-order valence-corrected chi connectivity index (χ0v) is 10.8. The largest absolute Gasteiger partial charge is 0.287 e. The van der Waals surface area contributed by atoms with Crippen LogP contribution in [-0.4, -0.2) is 30.2 Å². The summed E-state index contributed by atoms with van der Waals surface area (Å²) >= 11 is 0. The number of rotatable bonds is 3. The molecule has 18 heavy (non-hydrogen) atoms. The van der Waals surface area contributed by atoms with E-state index in [4.69, 9.17) is 0 Å². The number of hydrogen-bond donors (Lipinski definition) is 0. The first-order chi connectivity index (χ1) is 8.39. The number of aromatic nitrogens is 2. The Bertz CT molecular complexity index is 702. The maximum atomic E-state index is 12.2. The first-order valence-electron chi connectivity index (χ1n) is 5.22. The molecule has 0 atom stereocenters. The zero-order valence-electron chi connectivity index (χ0n) is 9.99. The van der Waals surface area contributed by atoms with Crippen molar-refractivity contribution in [1.29, 1.82) is 0 Å². The lowest BCUT2D eigenvalue weighted by atomic mass is 10.1. The van der Waals surface area contributed by atoms with Crippen LogP contribution in [0.4, 0.5) is 0 Å².